The van der Waals surface area contributed by atoms with E-state index in [2.05, 4.69) is 32.9 Å². The van der Waals surface area contributed by atoms with E-state index in [1.807, 2.05) is 12.1 Å². The smallest absolute Gasteiger partial charge is 0.256 e. The number of nitrogens with zero attached hydrogens (tertiary/aromatic N) is 1. The molecule has 1 N–H and O–H groups in total. The Labute approximate surface area is 176 Å². The van der Waals surface area contributed by atoms with Crippen molar-refractivity contribution in [2.24, 2.45) is 0 Å². The van der Waals surface area contributed by atoms with Crippen molar-refractivity contribution in [2.75, 3.05) is 5.32 Å². The Morgan fingerprint density at radius 3 is 2.61 bits per heavy atom. The van der Waals surface area contributed by atoms with E-state index in [9.17, 15) is 13.6 Å². The van der Waals surface area contributed by atoms with Crippen molar-refractivity contribution in [1.82, 2.24) is 4.98 Å². The van der Waals surface area contributed by atoms with Crippen LogP contribution in [-0.2, 0) is 0 Å². The van der Waals surface area contributed by atoms with Gasteiger partial charge in [0.25, 0.3) is 5.91 Å². The molecule has 0 aliphatic carbocycles. The van der Waals surface area contributed by atoms with Gasteiger partial charge in [-0.2, -0.15) is 0 Å². The Hall–Kier alpha value is -2.52. The van der Waals surface area contributed by atoms with E-state index >= 15 is 0 Å². The minimum atomic E-state index is -1.05. The van der Waals surface area contributed by atoms with E-state index in [-0.39, 0.29) is 22.4 Å². The molecule has 0 unspecified atom stereocenters. The number of rotatable bonds is 3. The molecule has 4 aromatic rings. The van der Waals surface area contributed by atoms with Crippen LogP contribution < -0.4 is 5.32 Å². The first-order valence-electron chi connectivity index (χ1n) is 8.04. The molecule has 28 heavy (non-hydrogen) atoms. The first-order chi connectivity index (χ1) is 13.4. The van der Waals surface area contributed by atoms with Crippen molar-refractivity contribution < 1.29 is 18.0 Å². The summed E-state index contributed by atoms with van der Waals surface area (Å²) in [4.78, 5) is 16.7. The zero-order chi connectivity index (χ0) is 19.8. The van der Waals surface area contributed by atoms with Crippen molar-refractivity contribution >= 4 is 56.9 Å². The maximum Gasteiger partial charge on any atom is 0.256 e. The number of carbonyl (C=O) groups is 1. The van der Waals surface area contributed by atoms with E-state index < -0.39 is 11.6 Å². The normalized spacial score (nSPS) is 11.0. The summed E-state index contributed by atoms with van der Waals surface area (Å²) in [6.45, 7) is 0. The highest BCUT2D eigenvalue weighted by Crippen LogP contribution is 2.32. The maximum atomic E-state index is 13.6. The molecular formula is C20H10ClF2IN2O2. The summed E-state index contributed by atoms with van der Waals surface area (Å²) in [5, 5.41) is 2.79. The molecule has 0 spiro atoms. The summed E-state index contributed by atoms with van der Waals surface area (Å²) in [5.74, 6) is -2.30. The summed E-state index contributed by atoms with van der Waals surface area (Å²) in [7, 11) is 0. The number of benzene rings is 3. The Kier molecular flexibility index (Phi) is 5.03. The fourth-order valence-electron chi connectivity index (χ4n) is 2.65. The number of amides is 1. The highest BCUT2D eigenvalue weighted by molar-refractivity contribution is 14.1. The van der Waals surface area contributed by atoms with Gasteiger partial charge in [0.05, 0.1) is 16.1 Å². The average Bonchev–Trinajstić information content (AvgIpc) is 3.08. The van der Waals surface area contributed by atoms with Crippen LogP contribution in [0.2, 0.25) is 5.02 Å². The highest BCUT2D eigenvalue weighted by atomic mass is 127. The highest BCUT2D eigenvalue weighted by Gasteiger charge is 2.16. The number of carbonyl (C=O) groups excluding carboxylic acids is 1. The minimum absolute atomic E-state index is 0.0161. The molecule has 0 fully saturated rings. The molecule has 0 saturated heterocycles. The molecule has 1 amide bonds. The largest absolute Gasteiger partial charge is 0.436 e. The van der Waals surface area contributed by atoms with Gasteiger partial charge in [0, 0.05) is 9.26 Å². The van der Waals surface area contributed by atoms with Crippen molar-refractivity contribution in [3.05, 3.63) is 80.4 Å². The molecule has 1 aromatic heterocycles. The minimum Gasteiger partial charge on any atom is -0.436 e. The monoisotopic (exact) mass is 510 g/mol. The number of aromatic nitrogens is 1. The van der Waals surface area contributed by atoms with Gasteiger partial charge in [0.2, 0.25) is 5.89 Å². The lowest BCUT2D eigenvalue weighted by atomic mass is 10.2. The van der Waals surface area contributed by atoms with Crippen LogP contribution in [0.1, 0.15) is 10.4 Å². The van der Waals surface area contributed by atoms with Crippen LogP contribution in [0, 0.1) is 15.2 Å². The molecule has 3 aromatic carbocycles. The topological polar surface area (TPSA) is 55.1 Å². The van der Waals surface area contributed by atoms with Gasteiger partial charge < -0.3 is 9.73 Å². The fourth-order valence-corrected chi connectivity index (χ4v) is 3.51. The number of hydrogen-bond donors (Lipinski definition) is 1. The quantitative estimate of drug-likeness (QED) is 0.261. The standard InChI is InChI=1S/C20H10ClF2IN2O2/c21-13-9-15(23)14(22)8-12(13)20-26-17-7-10(5-6-18(17)28-20)25-19(27)11-3-1-2-4-16(11)24/h1-9H,(H,25,27). The lowest BCUT2D eigenvalue weighted by molar-refractivity contribution is 0.102. The average molecular weight is 511 g/mol. The number of anilines is 1. The van der Waals surface area contributed by atoms with E-state index in [4.69, 9.17) is 16.0 Å². The molecule has 0 saturated carbocycles. The van der Waals surface area contributed by atoms with Crippen molar-refractivity contribution in [2.45, 2.75) is 0 Å². The molecule has 4 nitrogen and oxygen atoms in total. The van der Waals surface area contributed by atoms with Gasteiger partial charge in [-0.15, -0.1) is 0 Å². The Balaban J connectivity index is 1.67. The van der Waals surface area contributed by atoms with Gasteiger partial charge in [0.15, 0.2) is 17.2 Å². The molecule has 4 rings (SSSR count). The van der Waals surface area contributed by atoms with E-state index in [1.165, 1.54) is 0 Å². The van der Waals surface area contributed by atoms with Crippen LogP contribution in [-0.4, -0.2) is 10.9 Å². The molecule has 140 valence electrons. The maximum absolute atomic E-state index is 13.6. The summed E-state index contributed by atoms with van der Waals surface area (Å²) >= 11 is 8.07. The van der Waals surface area contributed by atoms with Gasteiger partial charge in [-0.05, 0) is 65.1 Å². The Bertz CT molecular complexity index is 1230. The summed E-state index contributed by atoms with van der Waals surface area (Å²) in [6, 6.07) is 13.9. The van der Waals surface area contributed by atoms with Crippen molar-refractivity contribution in [3.63, 3.8) is 0 Å². The predicted octanol–water partition coefficient (Wildman–Crippen LogP) is 6.28. The van der Waals surface area contributed by atoms with Crippen LogP contribution >= 0.6 is 34.2 Å². The second kappa shape index (κ2) is 7.48. The molecular weight excluding hydrogens is 501 g/mol. The van der Waals surface area contributed by atoms with Gasteiger partial charge in [-0.25, -0.2) is 13.8 Å². The van der Waals surface area contributed by atoms with Gasteiger partial charge >= 0.3 is 0 Å². The zero-order valence-corrected chi connectivity index (χ0v) is 16.9. The number of fused-ring (bicyclic) bond motifs is 1. The third kappa shape index (κ3) is 3.59. The third-order valence-corrected chi connectivity index (χ3v) is 5.26. The van der Waals surface area contributed by atoms with Crippen LogP contribution in [0.15, 0.2) is 59.0 Å². The lowest BCUT2D eigenvalue weighted by Gasteiger charge is -2.06. The summed E-state index contributed by atoms with van der Waals surface area (Å²) in [6.07, 6.45) is 0. The lowest BCUT2D eigenvalue weighted by Crippen LogP contribution is -2.13. The van der Waals surface area contributed by atoms with Crippen molar-refractivity contribution in [1.29, 1.82) is 0 Å². The van der Waals surface area contributed by atoms with E-state index in [0.29, 0.717) is 22.4 Å². The summed E-state index contributed by atoms with van der Waals surface area (Å²) in [5.41, 5.74) is 2.08. The molecule has 1 heterocycles. The molecule has 0 radical (unpaired) electrons. The third-order valence-electron chi connectivity index (χ3n) is 4.00. The van der Waals surface area contributed by atoms with Crippen LogP contribution in [0.5, 0.6) is 0 Å². The first kappa shape index (κ1) is 18.8. The molecule has 0 aliphatic rings. The fraction of sp³-hybridized carbons (Fsp3) is 0. The Morgan fingerprint density at radius 2 is 1.82 bits per heavy atom. The van der Waals surface area contributed by atoms with Crippen molar-refractivity contribution in [3.8, 4) is 11.5 Å². The van der Waals surface area contributed by atoms with Gasteiger partial charge in [-0.1, -0.05) is 23.7 Å². The second-order valence-corrected chi connectivity index (χ2v) is 7.45. The van der Waals surface area contributed by atoms with Crippen LogP contribution in [0.4, 0.5) is 14.5 Å². The number of oxazole rings is 1. The predicted molar refractivity (Wildman–Crippen MR) is 111 cm³/mol. The molecule has 0 aliphatic heterocycles. The number of hydrogen-bond acceptors (Lipinski definition) is 3. The van der Waals surface area contributed by atoms with E-state index in [1.54, 1.807) is 30.3 Å². The van der Waals surface area contributed by atoms with E-state index in [0.717, 1.165) is 15.7 Å². The SMILES string of the molecule is O=C(Nc1ccc2oc(-c3cc(F)c(F)cc3Cl)nc2c1)c1ccccc1I. The summed E-state index contributed by atoms with van der Waals surface area (Å²) < 4.78 is 33.2. The first-order valence-corrected chi connectivity index (χ1v) is 9.49. The zero-order valence-electron chi connectivity index (χ0n) is 14.0. The second-order valence-electron chi connectivity index (χ2n) is 5.88. The molecule has 8 heteroatoms. The van der Waals surface area contributed by atoms with Crippen LogP contribution in [0.25, 0.3) is 22.6 Å². The molecule has 0 atom stereocenters. The van der Waals surface area contributed by atoms with Gasteiger partial charge in [0.1, 0.15) is 5.52 Å². The van der Waals surface area contributed by atoms with Crippen LogP contribution in [0.3, 0.4) is 0 Å². The van der Waals surface area contributed by atoms with Gasteiger partial charge in [-0.3, -0.25) is 4.79 Å². The number of nitrogens with one attached hydrogen (secondary N) is 1. The Morgan fingerprint density at radius 1 is 1.07 bits per heavy atom. The number of halogens is 4. The molecule has 0 bridgehead atoms.